The number of hydrogen-bond acceptors (Lipinski definition) is 5. The zero-order valence-electron chi connectivity index (χ0n) is 13.0. The predicted molar refractivity (Wildman–Crippen MR) is 84.8 cm³/mol. The summed E-state index contributed by atoms with van der Waals surface area (Å²) in [6.07, 6.45) is 1.47. The zero-order chi connectivity index (χ0) is 17.3. The standard InChI is InChI=1S/C17H14N2O5/c1-19-15(20)13(18-17(19)22)9-12-7-8-14(24-12)10-3-5-11(6-4-10)16(21)23-2/h3-9H,1-2H3,(H,18,22)/b13-9+. The fourth-order valence-electron chi connectivity index (χ4n) is 2.24. The molecule has 0 aliphatic carbocycles. The molecule has 0 unspecified atom stereocenters. The van der Waals surface area contributed by atoms with Crippen LogP contribution in [-0.4, -0.2) is 37.0 Å². The number of nitrogens with zero attached hydrogens (tertiary/aromatic N) is 1. The van der Waals surface area contributed by atoms with Crippen molar-refractivity contribution in [2.75, 3.05) is 14.2 Å². The van der Waals surface area contributed by atoms with E-state index in [-0.39, 0.29) is 5.70 Å². The van der Waals surface area contributed by atoms with Gasteiger partial charge in [-0.2, -0.15) is 0 Å². The molecule has 0 atom stereocenters. The molecule has 7 heteroatoms. The van der Waals surface area contributed by atoms with Gasteiger partial charge in [0.15, 0.2) is 0 Å². The van der Waals surface area contributed by atoms with E-state index in [0.717, 1.165) is 10.5 Å². The third-order valence-electron chi connectivity index (χ3n) is 3.59. The fraction of sp³-hybridized carbons (Fsp3) is 0.118. The van der Waals surface area contributed by atoms with Crippen LogP contribution in [0.4, 0.5) is 4.79 Å². The second kappa shape index (κ2) is 6.04. The molecular formula is C17H14N2O5. The molecule has 2 aromatic rings. The number of esters is 1. The van der Waals surface area contributed by atoms with Crippen LogP contribution in [-0.2, 0) is 9.53 Å². The average molecular weight is 326 g/mol. The lowest BCUT2D eigenvalue weighted by atomic mass is 10.1. The van der Waals surface area contributed by atoms with E-state index in [1.165, 1.54) is 20.2 Å². The van der Waals surface area contributed by atoms with Gasteiger partial charge in [-0.05, 0) is 24.3 Å². The Morgan fingerprint density at radius 1 is 1.17 bits per heavy atom. The molecule has 1 aromatic carbocycles. The highest BCUT2D eigenvalue weighted by molar-refractivity contribution is 6.13. The quantitative estimate of drug-likeness (QED) is 0.531. The molecule has 0 bridgehead atoms. The van der Waals surface area contributed by atoms with Crippen LogP contribution in [0.2, 0.25) is 0 Å². The van der Waals surface area contributed by atoms with Crippen LogP contribution < -0.4 is 5.32 Å². The Morgan fingerprint density at radius 2 is 1.88 bits per heavy atom. The number of nitrogens with one attached hydrogen (secondary N) is 1. The number of amides is 3. The smallest absolute Gasteiger partial charge is 0.337 e. The van der Waals surface area contributed by atoms with Gasteiger partial charge in [0, 0.05) is 18.7 Å². The number of furan rings is 1. The van der Waals surface area contributed by atoms with Crippen molar-refractivity contribution in [1.82, 2.24) is 10.2 Å². The van der Waals surface area contributed by atoms with Crippen LogP contribution in [0.5, 0.6) is 0 Å². The van der Waals surface area contributed by atoms with Gasteiger partial charge >= 0.3 is 12.0 Å². The van der Waals surface area contributed by atoms with Gasteiger partial charge in [0.2, 0.25) is 0 Å². The molecule has 3 rings (SSSR count). The zero-order valence-corrected chi connectivity index (χ0v) is 13.0. The van der Waals surface area contributed by atoms with E-state index in [4.69, 9.17) is 4.42 Å². The third-order valence-corrected chi connectivity index (χ3v) is 3.59. The van der Waals surface area contributed by atoms with Gasteiger partial charge in [-0.3, -0.25) is 9.69 Å². The molecule has 2 heterocycles. The Kier molecular flexibility index (Phi) is 3.91. The Labute approximate surface area is 137 Å². The molecular weight excluding hydrogens is 312 g/mol. The van der Waals surface area contributed by atoms with Crippen molar-refractivity contribution in [2.24, 2.45) is 0 Å². The topological polar surface area (TPSA) is 88.9 Å². The van der Waals surface area contributed by atoms with Crippen molar-refractivity contribution < 1.29 is 23.5 Å². The van der Waals surface area contributed by atoms with Gasteiger partial charge in [-0.1, -0.05) is 12.1 Å². The minimum Gasteiger partial charge on any atom is -0.465 e. The maximum Gasteiger partial charge on any atom is 0.337 e. The minimum absolute atomic E-state index is 0.157. The minimum atomic E-state index is -0.476. The van der Waals surface area contributed by atoms with Crippen LogP contribution >= 0.6 is 0 Å². The number of likely N-dealkylation sites (N-methyl/N-ethyl adjacent to an activating group) is 1. The monoisotopic (exact) mass is 326 g/mol. The van der Waals surface area contributed by atoms with Crippen LogP contribution in [0.1, 0.15) is 16.1 Å². The van der Waals surface area contributed by atoms with E-state index in [2.05, 4.69) is 10.1 Å². The summed E-state index contributed by atoms with van der Waals surface area (Å²) >= 11 is 0. The molecule has 3 amide bonds. The first-order valence-electron chi connectivity index (χ1n) is 7.09. The van der Waals surface area contributed by atoms with Crippen LogP contribution in [0.3, 0.4) is 0 Å². The van der Waals surface area contributed by atoms with Gasteiger partial charge in [0.1, 0.15) is 17.2 Å². The molecule has 7 nitrogen and oxygen atoms in total. The molecule has 0 spiro atoms. The summed E-state index contributed by atoms with van der Waals surface area (Å²) in [4.78, 5) is 35.6. The average Bonchev–Trinajstić information content (AvgIpc) is 3.16. The van der Waals surface area contributed by atoms with E-state index in [1.54, 1.807) is 36.4 Å². The molecule has 1 fully saturated rings. The van der Waals surface area contributed by atoms with Gasteiger partial charge in [-0.15, -0.1) is 0 Å². The maximum absolute atomic E-state index is 11.8. The maximum atomic E-state index is 11.8. The summed E-state index contributed by atoms with van der Waals surface area (Å²) in [5, 5.41) is 2.46. The molecule has 0 saturated carbocycles. The summed E-state index contributed by atoms with van der Waals surface area (Å²) < 4.78 is 10.3. The summed E-state index contributed by atoms with van der Waals surface area (Å²) in [6.45, 7) is 0. The van der Waals surface area contributed by atoms with Crippen molar-refractivity contribution in [3.63, 3.8) is 0 Å². The van der Waals surface area contributed by atoms with Gasteiger partial charge in [0.05, 0.1) is 12.7 Å². The number of methoxy groups -OCH3 is 1. The van der Waals surface area contributed by atoms with E-state index < -0.39 is 17.9 Å². The summed E-state index contributed by atoms with van der Waals surface area (Å²) in [5.74, 6) is 0.177. The number of rotatable bonds is 3. The number of benzene rings is 1. The predicted octanol–water partition coefficient (Wildman–Crippen LogP) is 2.26. The largest absolute Gasteiger partial charge is 0.465 e. The van der Waals surface area contributed by atoms with Crippen molar-refractivity contribution in [1.29, 1.82) is 0 Å². The number of urea groups is 1. The molecule has 1 aliphatic heterocycles. The highest BCUT2D eigenvalue weighted by Gasteiger charge is 2.30. The highest BCUT2D eigenvalue weighted by Crippen LogP contribution is 2.24. The normalized spacial score (nSPS) is 15.8. The molecule has 0 radical (unpaired) electrons. The van der Waals surface area contributed by atoms with Crippen molar-refractivity contribution >= 4 is 24.0 Å². The molecule has 1 saturated heterocycles. The second-order valence-corrected chi connectivity index (χ2v) is 5.12. The molecule has 1 N–H and O–H groups in total. The van der Waals surface area contributed by atoms with Gasteiger partial charge in [-0.25, -0.2) is 9.59 Å². The van der Waals surface area contributed by atoms with Crippen molar-refractivity contribution in [3.8, 4) is 11.3 Å². The molecule has 122 valence electrons. The third kappa shape index (κ3) is 2.79. The number of carbonyl (C=O) groups is 3. The van der Waals surface area contributed by atoms with Gasteiger partial charge in [0.25, 0.3) is 5.91 Å². The van der Waals surface area contributed by atoms with Gasteiger partial charge < -0.3 is 14.5 Å². The lowest BCUT2D eigenvalue weighted by Gasteiger charge is -2.00. The fourth-order valence-corrected chi connectivity index (χ4v) is 2.24. The number of ether oxygens (including phenoxy) is 1. The van der Waals surface area contributed by atoms with Crippen LogP contribution in [0.15, 0.2) is 46.5 Å². The summed E-state index contributed by atoms with van der Waals surface area (Å²) in [5.41, 5.74) is 1.37. The Morgan fingerprint density at radius 3 is 2.46 bits per heavy atom. The highest BCUT2D eigenvalue weighted by atomic mass is 16.5. The SMILES string of the molecule is COC(=O)c1ccc(-c2ccc(/C=C3/NC(=O)N(C)C3=O)o2)cc1. The van der Waals surface area contributed by atoms with E-state index in [1.807, 2.05) is 0 Å². The van der Waals surface area contributed by atoms with Crippen LogP contribution in [0.25, 0.3) is 17.4 Å². The van der Waals surface area contributed by atoms with Crippen molar-refractivity contribution in [3.05, 3.63) is 53.4 Å². The lowest BCUT2D eigenvalue weighted by molar-refractivity contribution is -0.121. The molecule has 1 aliphatic rings. The number of hydrogen-bond donors (Lipinski definition) is 1. The first-order valence-corrected chi connectivity index (χ1v) is 7.09. The summed E-state index contributed by atoms with van der Waals surface area (Å²) in [7, 11) is 2.72. The number of carbonyl (C=O) groups excluding carboxylic acids is 3. The second-order valence-electron chi connectivity index (χ2n) is 5.12. The first kappa shape index (κ1) is 15.5. The Balaban J connectivity index is 1.82. The Hall–Kier alpha value is -3.35. The van der Waals surface area contributed by atoms with E-state index >= 15 is 0 Å². The Bertz CT molecular complexity index is 848. The lowest BCUT2D eigenvalue weighted by Crippen LogP contribution is -2.25. The van der Waals surface area contributed by atoms with E-state index in [0.29, 0.717) is 17.1 Å². The first-order chi connectivity index (χ1) is 11.5. The molecule has 1 aromatic heterocycles. The van der Waals surface area contributed by atoms with Crippen molar-refractivity contribution in [2.45, 2.75) is 0 Å². The van der Waals surface area contributed by atoms with Crippen LogP contribution in [0, 0.1) is 0 Å². The summed E-state index contributed by atoms with van der Waals surface area (Å²) in [6, 6.07) is 9.70. The van der Waals surface area contributed by atoms with E-state index in [9.17, 15) is 14.4 Å². The molecule has 24 heavy (non-hydrogen) atoms. The number of imide groups is 1.